The van der Waals surface area contributed by atoms with E-state index in [1.165, 1.54) is 38.5 Å². The average Bonchev–Trinajstić information content (AvgIpc) is 3.09. The minimum Gasteiger partial charge on any atom is -0.390 e. The number of morpholine rings is 1. The van der Waals surface area contributed by atoms with E-state index in [2.05, 4.69) is 25.7 Å². The van der Waals surface area contributed by atoms with Gasteiger partial charge in [-0.25, -0.2) is 0 Å². The van der Waals surface area contributed by atoms with Crippen molar-refractivity contribution in [2.45, 2.75) is 97.6 Å². The summed E-state index contributed by atoms with van der Waals surface area (Å²) < 4.78 is 5.51. The molecule has 31 heavy (non-hydrogen) atoms. The van der Waals surface area contributed by atoms with Gasteiger partial charge in [-0.3, -0.25) is 9.69 Å². The van der Waals surface area contributed by atoms with Crippen LogP contribution in [0.15, 0.2) is 0 Å². The van der Waals surface area contributed by atoms with Crippen LogP contribution in [0, 0.1) is 40.9 Å². The highest BCUT2D eigenvalue weighted by Crippen LogP contribution is 2.64. The molecule has 0 spiro atoms. The fraction of sp³-hybridized carbons (Fsp3) is 0.963. The van der Waals surface area contributed by atoms with Crippen LogP contribution in [-0.4, -0.2) is 53.7 Å². The number of ether oxygens (including phenoxy) is 1. The lowest BCUT2D eigenvalue weighted by atomic mass is 9.49. The summed E-state index contributed by atoms with van der Waals surface area (Å²) in [6, 6.07) is 0.0449. The topological polar surface area (TPSA) is 49.8 Å². The maximum atomic E-state index is 13.7. The summed E-state index contributed by atoms with van der Waals surface area (Å²) in [6.45, 7) is 10.0. The van der Waals surface area contributed by atoms with E-state index >= 15 is 0 Å². The zero-order valence-electron chi connectivity index (χ0n) is 19.4. The molecule has 1 N–H and O–H groups in total. The van der Waals surface area contributed by atoms with Crippen LogP contribution in [0.25, 0.3) is 0 Å². The first-order valence-corrected chi connectivity index (χ1v) is 12.9. The Morgan fingerprint density at radius 3 is 2.42 bits per heavy atom. The number of ketones is 1. The third-order valence-electron chi connectivity index (χ3n) is 10.6. The minimum absolute atomic E-state index is 0. The Hall–Kier alpha value is -0.450. The summed E-state index contributed by atoms with van der Waals surface area (Å²) in [7, 11) is 0. The van der Waals surface area contributed by atoms with Crippen LogP contribution < -0.4 is 0 Å². The second-order valence-corrected chi connectivity index (χ2v) is 12.1. The van der Waals surface area contributed by atoms with Gasteiger partial charge in [0.1, 0.15) is 0 Å². The molecular formula is C27H47NO3. The molecule has 0 aromatic heterocycles. The second kappa shape index (κ2) is 8.72. The Bertz CT molecular complexity index is 657. The quantitative estimate of drug-likeness (QED) is 0.685. The zero-order valence-corrected chi connectivity index (χ0v) is 19.4. The lowest BCUT2D eigenvalue weighted by Crippen LogP contribution is -2.53. The predicted molar refractivity (Wildman–Crippen MR) is 125 cm³/mol. The molecule has 1 saturated heterocycles. The van der Waals surface area contributed by atoms with Crippen molar-refractivity contribution in [1.29, 1.82) is 0 Å². The summed E-state index contributed by atoms with van der Waals surface area (Å²) in [4.78, 5) is 16.0. The first-order chi connectivity index (χ1) is 14.3. The Morgan fingerprint density at radius 2 is 1.68 bits per heavy atom. The monoisotopic (exact) mass is 433 g/mol. The van der Waals surface area contributed by atoms with Gasteiger partial charge >= 0.3 is 0 Å². The fourth-order valence-corrected chi connectivity index (χ4v) is 8.98. The minimum atomic E-state index is -0.433. The maximum absolute atomic E-state index is 13.7. The van der Waals surface area contributed by atoms with E-state index in [1.807, 2.05) is 0 Å². The normalized spacial score (nSPS) is 48.6. The van der Waals surface area contributed by atoms with Gasteiger partial charge in [0.2, 0.25) is 0 Å². The number of Topliss-reactive ketones (excluding diaryl/α,β-unsaturated/α-hetero) is 1. The Labute approximate surface area is 190 Å². The van der Waals surface area contributed by atoms with Crippen molar-refractivity contribution in [3.63, 3.8) is 0 Å². The maximum Gasteiger partial charge on any atom is 0.153 e. The molecule has 4 heteroatoms. The largest absolute Gasteiger partial charge is 0.390 e. The molecule has 1 heterocycles. The fourth-order valence-electron chi connectivity index (χ4n) is 8.98. The van der Waals surface area contributed by atoms with Gasteiger partial charge in [-0.05, 0) is 107 Å². The van der Waals surface area contributed by atoms with Gasteiger partial charge in [0.05, 0.1) is 24.9 Å². The van der Waals surface area contributed by atoms with E-state index in [9.17, 15) is 9.90 Å². The molecular weight excluding hydrogens is 386 g/mol. The van der Waals surface area contributed by atoms with E-state index in [-0.39, 0.29) is 24.8 Å². The standard InChI is InChI=1S/C26H43NO3.CH4/c1-17(27-12-14-30-15-13-27)24(28)23-7-6-22-21-5-4-18-16-25(2,29)10-8-19(18)20(21)9-11-26(22,23)3;/h17-23,29H,4-16H2,1-3H3;1H4/t17?,18-,19+,20-,21-,22+,23-,25-,26+;/m1./s1. The van der Waals surface area contributed by atoms with E-state index in [0.717, 1.165) is 75.2 Å². The van der Waals surface area contributed by atoms with Crippen molar-refractivity contribution in [1.82, 2.24) is 4.90 Å². The summed E-state index contributed by atoms with van der Waals surface area (Å²) in [5.41, 5.74) is -0.219. The molecule has 0 amide bonds. The Kier molecular flexibility index (Phi) is 6.67. The van der Waals surface area contributed by atoms with Crippen molar-refractivity contribution < 1.29 is 14.6 Å². The van der Waals surface area contributed by atoms with Crippen molar-refractivity contribution in [2.24, 2.45) is 40.9 Å². The van der Waals surface area contributed by atoms with Crippen LogP contribution in [0.5, 0.6) is 0 Å². The van der Waals surface area contributed by atoms with Crippen molar-refractivity contribution in [2.75, 3.05) is 26.3 Å². The van der Waals surface area contributed by atoms with Crippen LogP contribution in [0.1, 0.15) is 86.0 Å². The first-order valence-electron chi connectivity index (χ1n) is 12.9. The highest BCUT2D eigenvalue weighted by Gasteiger charge is 2.59. The number of rotatable bonds is 3. The molecule has 0 radical (unpaired) electrons. The molecule has 0 bridgehead atoms. The third kappa shape index (κ3) is 4.04. The van der Waals surface area contributed by atoms with Crippen LogP contribution in [0.4, 0.5) is 0 Å². The smallest absolute Gasteiger partial charge is 0.153 e. The number of hydrogen-bond acceptors (Lipinski definition) is 4. The highest BCUT2D eigenvalue weighted by molar-refractivity contribution is 5.87. The molecule has 1 aliphatic heterocycles. The van der Waals surface area contributed by atoms with Gasteiger partial charge in [0.15, 0.2) is 5.78 Å². The molecule has 4 saturated carbocycles. The number of hydrogen-bond donors (Lipinski definition) is 1. The predicted octanol–water partition coefficient (Wildman–Crippen LogP) is 4.93. The molecule has 5 fully saturated rings. The Morgan fingerprint density at radius 1 is 0.968 bits per heavy atom. The third-order valence-corrected chi connectivity index (χ3v) is 10.6. The molecule has 4 nitrogen and oxygen atoms in total. The van der Waals surface area contributed by atoms with E-state index in [0.29, 0.717) is 5.78 Å². The van der Waals surface area contributed by atoms with E-state index in [4.69, 9.17) is 4.74 Å². The summed E-state index contributed by atoms with van der Waals surface area (Å²) in [6.07, 6.45) is 10.8. The summed E-state index contributed by atoms with van der Waals surface area (Å²) in [5.74, 6) is 4.75. The molecule has 5 rings (SSSR count). The Balaban J connectivity index is 0.00000231. The van der Waals surface area contributed by atoms with Gasteiger partial charge in [-0.2, -0.15) is 0 Å². The lowest BCUT2D eigenvalue weighted by molar-refractivity contribution is -0.138. The van der Waals surface area contributed by atoms with E-state index < -0.39 is 5.60 Å². The average molecular weight is 434 g/mol. The summed E-state index contributed by atoms with van der Waals surface area (Å²) >= 11 is 0. The number of carbonyl (C=O) groups excluding carboxylic acids is 1. The van der Waals surface area contributed by atoms with Crippen LogP contribution >= 0.6 is 0 Å². The molecule has 0 aromatic carbocycles. The van der Waals surface area contributed by atoms with Gasteiger partial charge in [0.25, 0.3) is 0 Å². The molecule has 178 valence electrons. The summed E-state index contributed by atoms with van der Waals surface area (Å²) in [5, 5.41) is 10.6. The van der Waals surface area contributed by atoms with Crippen LogP contribution in [-0.2, 0) is 9.53 Å². The molecule has 5 aliphatic rings. The van der Waals surface area contributed by atoms with Gasteiger partial charge in [-0.1, -0.05) is 14.4 Å². The number of aliphatic hydroxyl groups is 1. The SMILES string of the molecule is C.CC(C(=O)[C@H]1CC[C@H]2[C@@H]3CC[C@@H]4C[C@](C)(O)CC[C@@H]4[C@H]3CC[C@]12C)N1CCOCC1. The zero-order chi connectivity index (χ0) is 21.1. The van der Waals surface area contributed by atoms with Crippen molar-refractivity contribution in [3.8, 4) is 0 Å². The van der Waals surface area contributed by atoms with Crippen molar-refractivity contribution >= 4 is 5.78 Å². The molecule has 1 unspecified atom stereocenters. The highest BCUT2D eigenvalue weighted by atomic mass is 16.5. The van der Waals surface area contributed by atoms with Crippen LogP contribution in [0.2, 0.25) is 0 Å². The van der Waals surface area contributed by atoms with Crippen molar-refractivity contribution in [3.05, 3.63) is 0 Å². The first kappa shape index (κ1) is 23.7. The lowest BCUT2D eigenvalue weighted by Gasteiger charge is -2.57. The number of nitrogens with zero attached hydrogens (tertiary/aromatic N) is 1. The van der Waals surface area contributed by atoms with Crippen LogP contribution in [0.3, 0.4) is 0 Å². The molecule has 0 aromatic rings. The molecule has 4 aliphatic carbocycles. The number of fused-ring (bicyclic) bond motifs is 5. The van der Waals surface area contributed by atoms with Gasteiger partial charge in [0, 0.05) is 19.0 Å². The van der Waals surface area contributed by atoms with Gasteiger partial charge in [-0.15, -0.1) is 0 Å². The molecule has 9 atom stereocenters. The van der Waals surface area contributed by atoms with Gasteiger partial charge < -0.3 is 9.84 Å². The number of carbonyl (C=O) groups is 1. The second-order valence-electron chi connectivity index (χ2n) is 12.1. The van der Waals surface area contributed by atoms with E-state index in [1.54, 1.807) is 0 Å².